The van der Waals surface area contributed by atoms with Gasteiger partial charge in [0.05, 0.1) is 0 Å². The van der Waals surface area contributed by atoms with Gasteiger partial charge in [0.2, 0.25) is 0 Å². The molecule has 0 amide bonds. The predicted molar refractivity (Wildman–Crippen MR) is 34.6 cm³/mol. The molecule has 2 saturated carbocycles. The third-order valence-electron chi connectivity index (χ3n) is 3.03. The molecule has 0 N–H and O–H groups in total. The first-order chi connectivity index (χ1) is 3.76. The number of rotatable bonds is 0. The van der Waals surface area contributed by atoms with Crippen LogP contribution < -0.4 is 0 Å². The van der Waals surface area contributed by atoms with Crippen LogP contribution in [-0.4, -0.2) is 0 Å². The lowest BCUT2D eigenvalue weighted by molar-refractivity contribution is 0.392. The average Bonchev–Trinajstić information content (AvgIpc) is 2.40. The Morgan fingerprint density at radius 2 is 2.38 bits per heavy atom. The molecular weight excluding hydrogens is 96.1 g/mol. The molecule has 0 aromatic rings. The van der Waals surface area contributed by atoms with Gasteiger partial charge in [0.1, 0.15) is 0 Å². The van der Waals surface area contributed by atoms with Crippen LogP contribution in [0.15, 0.2) is 12.2 Å². The Labute approximate surface area is 50.6 Å². The molecule has 0 aliphatic heterocycles. The van der Waals surface area contributed by atoms with E-state index in [1.807, 2.05) is 0 Å². The highest BCUT2D eigenvalue weighted by Crippen LogP contribution is 2.67. The molecule has 2 fully saturated rings. The molecule has 0 radical (unpaired) electrons. The maximum Gasteiger partial charge on any atom is -0.00590 e. The van der Waals surface area contributed by atoms with Crippen LogP contribution >= 0.6 is 0 Å². The van der Waals surface area contributed by atoms with Gasteiger partial charge in [-0.25, -0.2) is 0 Å². The highest BCUT2D eigenvalue weighted by atomic mass is 14.6. The lowest BCUT2D eigenvalue weighted by Gasteiger charge is -2.29. The summed E-state index contributed by atoms with van der Waals surface area (Å²) in [4.78, 5) is 0. The fourth-order valence-electron chi connectivity index (χ4n) is 1.95. The summed E-state index contributed by atoms with van der Waals surface area (Å²) in [7, 11) is 0. The van der Waals surface area contributed by atoms with Crippen molar-refractivity contribution in [2.45, 2.75) is 26.2 Å². The maximum atomic E-state index is 4.03. The SMILES string of the molecule is C=C1CCC12CC2C. The molecule has 8 heavy (non-hydrogen) atoms. The average molecular weight is 108 g/mol. The smallest absolute Gasteiger partial charge is 0.00590 e. The lowest BCUT2D eigenvalue weighted by atomic mass is 9.75. The van der Waals surface area contributed by atoms with Crippen molar-refractivity contribution in [2.24, 2.45) is 11.3 Å². The summed E-state index contributed by atoms with van der Waals surface area (Å²) in [6.07, 6.45) is 4.18. The summed E-state index contributed by atoms with van der Waals surface area (Å²) < 4.78 is 0. The van der Waals surface area contributed by atoms with Gasteiger partial charge in [-0.1, -0.05) is 19.1 Å². The van der Waals surface area contributed by atoms with E-state index in [0.29, 0.717) is 5.41 Å². The molecule has 1 spiro atoms. The summed E-state index contributed by atoms with van der Waals surface area (Å²) in [6.45, 7) is 6.36. The molecule has 0 bridgehead atoms. The van der Waals surface area contributed by atoms with Crippen molar-refractivity contribution in [1.29, 1.82) is 0 Å². The van der Waals surface area contributed by atoms with Gasteiger partial charge in [0.15, 0.2) is 0 Å². The molecule has 2 aliphatic carbocycles. The molecule has 0 aromatic heterocycles. The van der Waals surface area contributed by atoms with E-state index in [9.17, 15) is 0 Å². The highest BCUT2D eigenvalue weighted by molar-refractivity contribution is 5.29. The van der Waals surface area contributed by atoms with E-state index < -0.39 is 0 Å². The minimum absolute atomic E-state index is 0.694. The molecule has 0 heteroatoms. The van der Waals surface area contributed by atoms with Crippen LogP contribution in [0.4, 0.5) is 0 Å². The van der Waals surface area contributed by atoms with E-state index in [1.165, 1.54) is 24.8 Å². The van der Waals surface area contributed by atoms with Crippen LogP contribution in [-0.2, 0) is 0 Å². The van der Waals surface area contributed by atoms with E-state index in [0.717, 1.165) is 5.92 Å². The third-order valence-corrected chi connectivity index (χ3v) is 3.03. The minimum Gasteiger partial charge on any atom is -0.0993 e. The Hall–Kier alpha value is -0.260. The van der Waals surface area contributed by atoms with Gasteiger partial charge in [0.25, 0.3) is 0 Å². The normalized spacial score (nSPS) is 51.6. The Balaban J connectivity index is 2.18. The van der Waals surface area contributed by atoms with Crippen LogP contribution in [0.3, 0.4) is 0 Å². The van der Waals surface area contributed by atoms with Crippen LogP contribution in [0.5, 0.6) is 0 Å². The second kappa shape index (κ2) is 1.02. The molecular formula is C8H12. The van der Waals surface area contributed by atoms with Gasteiger partial charge in [0, 0.05) is 0 Å². The quantitative estimate of drug-likeness (QED) is 0.418. The van der Waals surface area contributed by atoms with Crippen molar-refractivity contribution in [3.63, 3.8) is 0 Å². The van der Waals surface area contributed by atoms with Gasteiger partial charge in [-0.05, 0) is 30.6 Å². The van der Waals surface area contributed by atoms with E-state index >= 15 is 0 Å². The molecule has 2 rings (SSSR count). The monoisotopic (exact) mass is 108 g/mol. The number of allylic oxidation sites excluding steroid dienone is 1. The maximum absolute atomic E-state index is 4.03. The standard InChI is InChI=1S/C8H12/c1-6-3-4-8(6)5-7(8)2/h7H,1,3-5H2,2H3. The molecule has 0 nitrogen and oxygen atoms in total. The first kappa shape index (κ1) is 4.60. The third kappa shape index (κ3) is 0.300. The largest absolute Gasteiger partial charge is 0.0993 e. The molecule has 2 unspecified atom stereocenters. The summed E-state index contributed by atoms with van der Waals surface area (Å²) in [6, 6.07) is 0. The molecule has 2 atom stereocenters. The van der Waals surface area contributed by atoms with E-state index in [2.05, 4.69) is 13.5 Å². The van der Waals surface area contributed by atoms with Crippen LogP contribution in [0.1, 0.15) is 26.2 Å². The zero-order chi connectivity index (χ0) is 5.78. The Morgan fingerprint density at radius 1 is 1.75 bits per heavy atom. The van der Waals surface area contributed by atoms with Crippen molar-refractivity contribution < 1.29 is 0 Å². The Morgan fingerprint density at radius 3 is 2.38 bits per heavy atom. The fraction of sp³-hybridized carbons (Fsp3) is 0.750. The highest BCUT2D eigenvalue weighted by Gasteiger charge is 2.57. The molecule has 0 heterocycles. The van der Waals surface area contributed by atoms with Crippen molar-refractivity contribution in [3.8, 4) is 0 Å². The van der Waals surface area contributed by atoms with Gasteiger partial charge < -0.3 is 0 Å². The molecule has 0 aromatic carbocycles. The van der Waals surface area contributed by atoms with Gasteiger partial charge >= 0.3 is 0 Å². The Kier molecular flexibility index (Phi) is 0.588. The van der Waals surface area contributed by atoms with Crippen molar-refractivity contribution >= 4 is 0 Å². The summed E-state index contributed by atoms with van der Waals surface area (Å²) in [5.74, 6) is 0.976. The predicted octanol–water partition coefficient (Wildman–Crippen LogP) is 2.36. The van der Waals surface area contributed by atoms with Crippen LogP contribution in [0.2, 0.25) is 0 Å². The fourth-order valence-corrected chi connectivity index (χ4v) is 1.95. The number of hydrogen-bond donors (Lipinski definition) is 0. The summed E-state index contributed by atoms with van der Waals surface area (Å²) in [5.41, 5.74) is 2.23. The van der Waals surface area contributed by atoms with Crippen molar-refractivity contribution in [1.82, 2.24) is 0 Å². The first-order valence-electron chi connectivity index (χ1n) is 3.44. The summed E-state index contributed by atoms with van der Waals surface area (Å²) >= 11 is 0. The Bertz CT molecular complexity index is 142. The topological polar surface area (TPSA) is 0 Å². The van der Waals surface area contributed by atoms with Crippen LogP contribution in [0, 0.1) is 11.3 Å². The molecule has 44 valence electrons. The zero-order valence-corrected chi connectivity index (χ0v) is 5.41. The lowest BCUT2D eigenvalue weighted by Crippen LogP contribution is -2.17. The second-order valence-electron chi connectivity index (χ2n) is 3.36. The van der Waals surface area contributed by atoms with Gasteiger partial charge in [-0.3, -0.25) is 0 Å². The van der Waals surface area contributed by atoms with Crippen molar-refractivity contribution in [3.05, 3.63) is 12.2 Å². The van der Waals surface area contributed by atoms with Crippen molar-refractivity contribution in [2.75, 3.05) is 0 Å². The van der Waals surface area contributed by atoms with Gasteiger partial charge in [-0.2, -0.15) is 0 Å². The van der Waals surface area contributed by atoms with Gasteiger partial charge in [-0.15, -0.1) is 0 Å². The second-order valence-corrected chi connectivity index (χ2v) is 3.36. The van der Waals surface area contributed by atoms with E-state index in [1.54, 1.807) is 0 Å². The summed E-state index contributed by atoms with van der Waals surface area (Å²) in [5, 5.41) is 0. The van der Waals surface area contributed by atoms with E-state index in [4.69, 9.17) is 0 Å². The molecule has 0 saturated heterocycles. The van der Waals surface area contributed by atoms with Crippen LogP contribution in [0.25, 0.3) is 0 Å². The first-order valence-corrected chi connectivity index (χ1v) is 3.44. The van der Waals surface area contributed by atoms with E-state index in [-0.39, 0.29) is 0 Å². The zero-order valence-electron chi connectivity index (χ0n) is 5.41. The number of hydrogen-bond acceptors (Lipinski definition) is 0. The minimum atomic E-state index is 0.694. The molecule has 2 aliphatic rings.